The Kier molecular flexibility index (Phi) is 12.5. The van der Waals surface area contributed by atoms with Crippen LogP contribution < -0.4 is 14.4 Å². The fourth-order valence-electron chi connectivity index (χ4n) is 4.68. The van der Waals surface area contributed by atoms with Crippen molar-refractivity contribution < 1.29 is 22.7 Å². The summed E-state index contributed by atoms with van der Waals surface area (Å²) in [5.74, 6) is -0.192. The van der Waals surface area contributed by atoms with Gasteiger partial charge in [-0.25, -0.2) is 8.42 Å². The molecule has 0 bridgehead atoms. The van der Waals surface area contributed by atoms with Crippen molar-refractivity contribution in [3.05, 3.63) is 83.9 Å². The van der Waals surface area contributed by atoms with Gasteiger partial charge in [-0.15, -0.1) is 11.8 Å². The summed E-state index contributed by atoms with van der Waals surface area (Å²) in [6, 6.07) is 20.3. The van der Waals surface area contributed by atoms with Crippen LogP contribution in [0.25, 0.3) is 0 Å². The number of anilines is 1. The smallest absolute Gasteiger partial charge is 0.264 e. The van der Waals surface area contributed by atoms with E-state index in [0.29, 0.717) is 25.3 Å². The molecule has 10 heteroatoms. The highest BCUT2D eigenvalue weighted by Gasteiger charge is 2.34. The second-order valence-corrected chi connectivity index (χ2v) is 13.4. The van der Waals surface area contributed by atoms with E-state index >= 15 is 0 Å². The Balaban J connectivity index is 2.10. The summed E-state index contributed by atoms with van der Waals surface area (Å²) in [5.41, 5.74) is 2.12. The fourth-order valence-corrected chi connectivity index (χ4v) is 6.51. The van der Waals surface area contributed by atoms with Crippen LogP contribution in [0.15, 0.2) is 82.6 Å². The Hall–Kier alpha value is -3.50. The van der Waals surface area contributed by atoms with Crippen LogP contribution in [-0.2, 0) is 26.2 Å². The van der Waals surface area contributed by atoms with E-state index in [1.165, 1.54) is 16.7 Å². The lowest BCUT2D eigenvalue weighted by Crippen LogP contribution is -2.52. The van der Waals surface area contributed by atoms with E-state index in [2.05, 4.69) is 5.32 Å². The van der Waals surface area contributed by atoms with E-state index in [-0.39, 0.29) is 29.0 Å². The normalized spacial score (nSPS) is 12.1. The Bertz CT molecular complexity index is 1480. The number of hydrogen-bond donors (Lipinski definition) is 1. The van der Waals surface area contributed by atoms with Gasteiger partial charge >= 0.3 is 0 Å². The monoisotopic (exact) mass is 625 g/mol. The van der Waals surface area contributed by atoms with Crippen LogP contribution in [0.1, 0.15) is 45.2 Å². The van der Waals surface area contributed by atoms with Gasteiger partial charge in [0.15, 0.2) is 0 Å². The molecule has 0 aliphatic carbocycles. The summed E-state index contributed by atoms with van der Waals surface area (Å²) in [6.45, 7) is 10.0. The van der Waals surface area contributed by atoms with Crippen molar-refractivity contribution >= 4 is 39.3 Å². The number of benzene rings is 3. The van der Waals surface area contributed by atoms with Crippen LogP contribution in [0.5, 0.6) is 5.75 Å². The molecule has 0 saturated carbocycles. The van der Waals surface area contributed by atoms with E-state index in [4.69, 9.17) is 4.74 Å². The average Bonchev–Trinajstić information content (AvgIpc) is 2.99. The molecule has 43 heavy (non-hydrogen) atoms. The number of nitrogens with one attached hydrogen (secondary N) is 1. The van der Waals surface area contributed by atoms with E-state index in [9.17, 15) is 18.0 Å². The van der Waals surface area contributed by atoms with Gasteiger partial charge in [-0.2, -0.15) is 0 Å². The van der Waals surface area contributed by atoms with Gasteiger partial charge in [0.2, 0.25) is 11.8 Å². The molecule has 1 atom stereocenters. The van der Waals surface area contributed by atoms with Crippen molar-refractivity contribution in [2.45, 2.75) is 63.4 Å². The zero-order chi connectivity index (χ0) is 31.6. The van der Waals surface area contributed by atoms with Crippen molar-refractivity contribution in [1.82, 2.24) is 10.2 Å². The molecule has 232 valence electrons. The van der Waals surface area contributed by atoms with Crippen molar-refractivity contribution in [3.8, 4) is 5.75 Å². The highest BCUT2D eigenvalue weighted by molar-refractivity contribution is 7.98. The van der Waals surface area contributed by atoms with Crippen molar-refractivity contribution in [2.75, 3.05) is 30.3 Å². The highest BCUT2D eigenvalue weighted by atomic mass is 32.2. The first-order chi connectivity index (χ1) is 20.5. The van der Waals surface area contributed by atoms with Gasteiger partial charge in [0, 0.05) is 18.0 Å². The van der Waals surface area contributed by atoms with Crippen molar-refractivity contribution in [3.63, 3.8) is 0 Å². The maximum Gasteiger partial charge on any atom is 0.264 e. The molecule has 8 nitrogen and oxygen atoms in total. The first-order valence-electron chi connectivity index (χ1n) is 14.5. The molecule has 0 heterocycles. The van der Waals surface area contributed by atoms with Crippen molar-refractivity contribution in [2.24, 2.45) is 5.92 Å². The molecule has 2 amide bonds. The maximum absolute atomic E-state index is 14.3. The average molecular weight is 626 g/mol. The summed E-state index contributed by atoms with van der Waals surface area (Å²) in [5, 5.41) is 2.96. The van der Waals surface area contributed by atoms with Crippen LogP contribution in [-0.4, -0.2) is 57.1 Å². The molecule has 3 rings (SSSR count). The Labute approximate surface area is 260 Å². The molecule has 0 spiro atoms. The third kappa shape index (κ3) is 9.00. The number of rotatable bonds is 15. The lowest BCUT2D eigenvalue weighted by atomic mass is 10.1. The zero-order valence-corrected chi connectivity index (χ0v) is 27.5. The Morgan fingerprint density at radius 2 is 1.67 bits per heavy atom. The molecule has 0 aliphatic rings. The number of aryl methyl sites for hydroxylation is 1. The largest absolute Gasteiger partial charge is 0.492 e. The molecule has 3 aromatic carbocycles. The second-order valence-electron chi connectivity index (χ2n) is 10.7. The summed E-state index contributed by atoms with van der Waals surface area (Å²) in [7, 11) is -4.21. The summed E-state index contributed by atoms with van der Waals surface area (Å²) < 4.78 is 35.3. The maximum atomic E-state index is 14.3. The van der Waals surface area contributed by atoms with E-state index in [1.54, 1.807) is 48.5 Å². The summed E-state index contributed by atoms with van der Waals surface area (Å²) in [4.78, 5) is 30.2. The summed E-state index contributed by atoms with van der Waals surface area (Å²) in [6.07, 6.45) is 2.27. The van der Waals surface area contributed by atoms with E-state index in [1.807, 2.05) is 65.1 Å². The van der Waals surface area contributed by atoms with Crippen LogP contribution in [0.3, 0.4) is 0 Å². The van der Waals surface area contributed by atoms with Crippen molar-refractivity contribution in [1.29, 1.82) is 0 Å². The topological polar surface area (TPSA) is 96.0 Å². The third-order valence-electron chi connectivity index (χ3n) is 6.87. The second kappa shape index (κ2) is 15.8. The van der Waals surface area contributed by atoms with E-state index in [0.717, 1.165) is 20.3 Å². The first kappa shape index (κ1) is 34.0. The molecular weight excluding hydrogens is 583 g/mol. The van der Waals surface area contributed by atoms with Gasteiger partial charge in [-0.05, 0) is 74.4 Å². The third-order valence-corrected chi connectivity index (χ3v) is 9.38. The Morgan fingerprint density at radius 1 is 0.977 bits per heavy atom. The minimum atomic E-state index is -4.21. The van der Waals surface area contributed by atoms with Gasteiger partial charge in [0.1, 0.15) is 18.3 Å². The number of hydrogen-bond acceptors (Lipinski definition) is 6. The quantitative estimate of drug-likeness (QED) is 0.212. The highest BCUT2D eigenvalue weighted by Crippen LogP contribution is 2.33. The molecule has 1 N–H and O–H groups in total. The molecule has 0 aliphatic heterocycles. The van der Waals surface area contributed by atoms with E-state index < -0.39 is 28.5 Å². The number of sulfonamides is 1. The molecule has 0 fully saturated rings. The van der Waals surface area contributed by atoms with Crippen LogP contribution >= 0.6 is 11.8 Å². The number of amides is 2. The zero-order valence-electron chi connectivity index (χ0n) is 25.9. The van der Waals surface area contributed by atoms with Gasteiger partial charge in [-0.3, -0.25) is 13.9 Å². The predicted molar refractivity (Wildman–Crippen MR) is 174 cm³/mol. The molecule has 0 radical (unpaired) electrons. The molecular formula is C33H43N3O5S2. The lowest BCUT2D eigenvalue weighted by molar-refractivity contribution is -0.140. The molecule has 3 aromatic rings. The number of para-hydroxylation sites is 2. The van der Waals surface area contributed by atoms with Crippen LogP contribution in [0.4, 0.5) is 5.69 Å². The number of carbonyl (C=O) groups is 2. The van der Waals surface area contributed by atoms with Gasteiger partial charge < -0.3 is 15.0 Å². The summed E-state index contributed by atoms with van der Waals surface area (Å²) >= 11 is 1.51. The van der Waals surface area contributed by atoms with Crippen LogP contribution in [0, 0.1) is 12.8 Å². The number of ether oxygens (including phenoxy) is 1. The fraction of sp³-hybridized carbons (Fsp3) is 0.394. The van der Waals surface area contributed by atoms with Gasteiger partial charge in [0.05, 0.1) is 17.2 Å². The Morgan fingerprint density at radius 3 is 2.28 bits per heavy atom. The first-order valence-corrected chi connectivity index (χ1v) is 17.2. The molecule has 0 aromatic heterocycles. The predicted octanol–water partition coefficient (Wildman–Crippen LogP) is 5.89. The van der Waals surface area contributed by atoms with Gasteiger partial charge in [-0.1, -0.05) is 62.7 Å². The standard InChI is InChI=1S/C33H43N3O5S2/c1-7-29(33(38)34-21-24(3)4)35(22-26-13-11-12-25(5)20-26)32(37)23-36(30-14-9-10-15-31(30)41-8-2)43(39,40)28-18-16-27(42-6)17-19-28/h9-20,24,29H,7-8,21-23H2,1-6H3,(H,34,38)/t29-/m1/s1. The number of thioether (sulfide) groups is 1. The number of nitrogens with zero attached hydrogens (tertiary/aromatic N) is 2. The minimum Gasteiger partial charge on any atom is -0.492 e. The molecule has 0 saturated heterocycles. The molecule has 0 unspecified atom stereocenters. The minimum absolute atomic E-state index is 0.0522. The van der Waals surface area contributed by atoms with Gasteiger partial charge in [0.25, 0.3) is 10.0 Å². The lowest BCUT2D eigenvalue weighted by Gasteiger charge is -2.33. The number of carbonyl (C=O) groups excluding carboxylic acids is 2. The SMILES string of the molecule is CCOc1ccccc1N(CC(=O)N(Cc1cccc(C)c1)[C@H](CC)C(=O)NCC(C)C)S(=O)(=O)c1ccc(SC)cc1. The van der Waals surface area contributed by atoms with Crippen LogP contribution in [0.2, 0.25) is 0 Å².